The summed E-state index contributed by atoms with van der Waals surface area (Å²) >= 11 is 0. The van der Waals surface area contributed by atoms with E-state index in [1.54, 1.807) is 12.1 Å². The predicted octanol–water partition coefficient (Wildman–Crippen LogP) is 5.08. The molecule has 188 valence electrons. The van der Waals surface area contributed by atoms with E-state index in [4.69, 9.17) is 9.15 Å². The van der Waals surface area contributed by atoms with Crippen LogP contribution in [-0.4, -0.2) is 39.2 Å². The summed E-state index contributed by atoms with van der Waals surface area (Å²) in [5.74, 6) is 0.700. The van der Waals surface area contributed by atoms with E-state index >= 15 is 0 Å². The first-order valence-electron chi connectivity index (χ1n) is 12.2. The zero-order chi connectivity index (χ0) is 25.6. The summed E-state index contributed by atoms with van der Waals surface area (Å²) in [6.45, 7) is 0. The Labute approximate surface area is 215 Å². The largest absolute Gasteiger partial charge is 0.445 e. The first kappa shape index (κ1) is 22.5. The average molecular weight is 511 g/mol. The molecule has 1 aromatic carbocycles. The summed E-state index contributed by atoms with van der Waals surface area (Å²) in [6.07, 6.45) is 9.27. The fourth-order valence-corrected chi connectivity index (χ4v) is 4.70. The smallest absolute Gasteiger partial charge is 0.266 e. The topological polar surface area (TPSA) is 97.8 Å². The Morgan fingerprint density at radius 3 is 2.84 bits per heavy atom. The average Bonchev–Trinajstić information content (AvgIpc) is 3.63. The Hall–Kier alpha value is -4.73. The van der Waals surface area contributed by atoms with E-state index in [1.807, 2.05) is 42.5 Å². The van der Waals surface area contributed by atoms with Gasteiger partial charge in [-0.25, -0.2) is 13.8 Å². The molecule has 38 heavy (non-hydrogen) atoms. The molecule has 10 heteroatoms. The second kappa shape index (κ2) is 8.98. The molecule has 0 radical (unpaired) electrons. The summed E-state index contributed by atoms with van der Waals surface area (Å²) in [6, 6.07) is 11.0. The summed E-state index contributed by atoms with van der Waals surface area (Å²) in [5, 5.41) is 12.7. The van der Waals surface area contributed by atoms with Gasteiger partial charge in [-0.15, -0.1) is 15.3 Å². The van der Waals surface area contributed by atoms with Gasteiger partial charge in [-0.05, 0) is 54.5 Å². The molecule has 0 saturated carbocycles. The van der Waals surface area contributed by atoms with E-state index in [1.165, 1.54) is 18.2 Å². The van der Waals surface area contributed by atoms with Crippen molar-refractivity contribution in [1.29, 1.82) is 0 Å². The van der Waals surface area contributed by atoms with Crippen molar-refractivity contribution in [3.63, 3.8) is 0 Å². The van der Waals surface area contributed by atoms with Gasteiger partial charge in [-0.2, -0.15) is 0 Å². The molecule has 7 rings (SSSR count). The highest BCUT2D eigenvalue weighted by atomic mass is 19.1. The molecular weight excluding hydrogens is 490 g/mol. The van der Waals surface area contributed by atoms with E-state index in [-0.39, 0.29) is 24.1 Å². The Bertz CT molecular complexity index is 1630. The lowest BCUT2D eigenvalue weighted by Crippen LogP contribution is -2.27. The molecule has 2 aliphatic heterocycles. The van der Waals surface area contributed by atoms with Gasteiger partial charge in [0, 0.05) is 23.5 Å². The molecule has 0 saturated heterocycles. The van der Waals surface area contributed by atoms with Crippen LogP contribution in [0.25, 0.3) is 29.1 Å². The number of fused-ring (bicyclic) bond motifs is 2. The van der Waals surface area contributed by atoms with Crippen molar-refractivity contribution in [2.75, 3.05) is 0 Å². The van der Waals surface area contributed by atoms with Crippen molar-refractivity contribution in [2.24, 2.45) is 16.0 Å². The molecule has 0 fully saturated rings. The van der Waals surface area contributed by atoms with Crippen LogP contribution in [0.4, 0.5) is 8.78 Å². The third-order valence-corrected chi connectivity index (χ3v) is 6.66. The van der Waals surface area contributed by atoms with Crippen LogP contribution in [0, 0.1) is 5.92 Å². The number of hydrogen-bond acceptors (Lipinski definition) is 8. The highest BCUT2D eigenvalue weighted by Crippen LogP contribution is 2.29. The zero-order valence-electron chi connectivity index (χ0n) is 19.9. The third-order valence-electron chi connectivity index (χ3n) is 6.66. The summed E-state index contributed by atoms with van der Waals surface area (Å²) < 4.78 is 39.4. The maximum absolute atomic E-state index is 13.8. The van der Waals surface area contributed by atoms with Crippen molar-refractivity contribution in [3.8, 4) is 23.0 Å². The number of alkyl halides is 1. The molecule has 3 atom stereocenters. The second-order valence-corrected chi connectivity index (χ2v) is 9.24. The van der Waals surface area contributed by atoms with Crippen LogP contribution in [0.3, 0.4) is 0 Å². The highest BCUT2D eigenvalue weighted by molar-refractivity contribution is 6.01. The normalized spacial score (nSPS) is 23.4. The third kappa shape index (κ3) is 4.13. The second-order valence-electron chi connectivity index (χ2n) is 9.24. The number of nitrogens with one attached hydrogen (secondary N) is 1. The Morgan fingerprint density at radius 1 is 1.00 bits per heavy atom. The number of hydrazone groups is 1. The molecule has 0 spiro atoms. The molecule has 2 aromatic heterocycles. The van der Waals surface area contributed by atoms with E-state index < -0.39 is 12.4 Å². The van der Waals surface area contributed by atoms with Gasteiger partial charge in [0.05, 0.1) is 17.1 Å². The van der Waals surface area contributed by atoms with Crippen molar-refractivity contribution in [1.82, 2.24) is 20.6 Å². The van der Waals surface area contributed by atoms with E-state index in [9.17, 15) is 8.78 Å². The van der Waals surface area contributed by atoms with Gasteiger partial charge in [0.2, 0.25) is 18.0 Å². The number of nitrogens with zero attached hydrogens (tertiary/aromatic N) is 5. The van der Waals surface area contributed by atoms with Gasteiger partial charge in [0.1, 0.15) is 17.7 Å². The Morgan fingerprint density at radius 2 is 1.89 bits per heavy atom. The molecule has 3 unspecified atom stereocenters. The molecule has 0 amide bonds. The first-order chi connectivity index (χ1) is 18.6. The van der Waals surface area contributed by atoms with Gasteiger partial charge in [-0.3, -0.25) is 10.4 Å². The number of pyridine rings is 1. The van der Waals surface area contributed by atoms with Crippen molar-refractivity contribution in [3.05, 3.63) is 95.1 Å². The van der Waals surface area contributed by atoms with E-state index in [0.29, 0.717) is 52.1 Å². The van der Waals surface area contributed by atoms with Crippen LogP contribution in [0.1, 0.15) is 23.2 Å². The van der Waals surface area contributed by atoms with Gasteiger partial charge in [-0.1, -0.05) is 30.4 Å². The molecular formula is C28H20F2N6O2. The number of aromatic nitrogens is 3. The Kier molecular flexibility index (Phi) is 5.31. The summed E-state index contributed by atoms with van der Waals surface area (Å²) in [5.41, 5.74) is 7.70. The van der Waals surface area contributed by atoms with Gasteiger partial charge in [0.25, 0.3) is 5.89 Å². The predicted molar refractivity (Wildman–Crippen MR) is 137 cm³/mol. The lowest BCUT2D eigenvalue weighted by molar-refractivity contribution is 0.223. The van der Waals surface area contributed by atoms with Crippen LogP contribution in [0.5, 0.6) is 0 Å². The van der Waals surface area contributed by atoms with Crippen molar-refractivity contribution in [2.45, 2.75) is 25.2 Å². The van der Waals surface area contributed by atoms with Crippen LogP contribution < -0.4 is 5.43 Å². The van der Waals surface area contributed by atoms with Crippen LogP contribution in [0.2, 0.25) is 0 Å². The van der Waals surface area contributed by atoms with Crippen LogP contribution >= 0.6 is 0 Å². The minimum atomic E-state index is -1.05. The molecule has 4 aliphatic rings. The maximum Gasteiger partial charge on any atom is 0.266 e. The molecule has 2 aliphatic carbocycles. The number of rotatable bonds is 4. The minimum absolute atomic E-state index is 0.0740. The van der Waals surface area contributed by atoms with Crippen LogP contribution in [-0.2, 0) is 11.2 Å². The quantitative estimate of drug-likeness (QED) is 0.526. The maximum atomic E-state index is 13.8. The molecule has 8 nitrogen and oxygen atoms in total. The van der Waals surface area contributed by atoms with Crippen molar-refractivity contribution < 1.29 is 17.9 Å². The fraction of sp³-hybridized carbons (Fsp3) is 0.179. The molecule has 1 N–H and O–H groups in total. The monoisotopic (exact) mass is 510 g/mol. The number of hydrogen-bond donors (Lipinski definition) is 1. The highest BCUT2D eigenvalue weighted by Gasteiger charge is 2.29. The van der Waals surface area contributed by atoms with E-state index in [2.05, 4.69) is 30.7 Å². The minimum Gasteiger partial charge on any atom is -0.445 e. The summed E-state index contributed by atoms with van der Waals surface area (Å²) in [4.78, 5) is 9.10. The van der Waals surface area contributed by atoms with Gasteiger partial charge < -0.3 is 9.15 Å². The van der Waals surface area contributed by atoms with Gasteiger partial charge >= 0.3 is 0 Å². The number of benzene rings is 1. The first-order valence-corrected chi connectivity index (χ1v) is 12.2. The van der Waals surface area contributed by atoms with Crippen molar-refractivity contribution >= 4 is 17.7 Å². The SMILES string of the molecule is FC1=CC2=NC(C3NN=C(c4cccc(-c5nnc(-c6ccc7c(n6)CC(F)C=C7)o5)c4)O3)=CCC2C=C1. The molecule has 4 heterocycles. The van der Waals surface area contributed by atoms with Crippen LogP contribution in [0.15, 0.2) is 92.8 Å². The fourth-order valence-electron chi connectivity index (χ4n) is 4.70. The number of ether oxygens (including phenoxy) is 1. The molecule has 3 aromatic rings. The Balaban J connectivity index is 1.08. The number of aliphatic imine (C=N–C) groups is 1. The zero-order valence-corrected chi connectivity index (χ0v) is 19.9. The standard InChI is InChI=1S/C28H20F2N6O2/c29-19-8-4-15-6-10-21(31-23(15)13-19)27-35-33-25(37-27)17-2-1-3-18(12-17)26-34-36-28(38-26)22-11-7-16-5-9-20(30)14-24(16)32-22/h1-6,8-12,14,16,19,28,36H,7,13H2. The molecule has 0 bridgehead atoms. The number of allylic oxidation sites excluding steroid dienone is 6. The van der Waals surface area contributed by atoms with Gasteiger partial charge in [0.15, 0.2) is 0 Å². The lowest BCUT2D eigenvalue weighted by Gasteiger charge is -2.22. The lowest BCUT2D eigenvalue weighted by atomic mass is 9.92. The van der Waals surface area contributed by atoms with E-state index in [0.717, 1.165) is 5.56 Å². The summed E-state index contributed by atoms with van der Waals surface area (Å²) in [7, 11) is 0. The number of halogens is 2.